The Labute approximate surface area is 151 Å². The fourth-order valence-electron chi connectivity index (χ4n) is 3.57. The lowest BCUT2D eigenvalue weighted by Gasteiger charge is -2.32. The average Bonchev–Trinajstić information content (AvgIpc) is 2.92. The molecule has 2 amide bonds. The Hall–Kier alpha value is -2.64. The van der Waals surface area contributed by atoms with Crippen molar-refractivity contribution in [2.24, 2.45) is 0 Å². The maximum atomic E-state index is 12.8. The zero-order valence-electron chi connectivity index (χ0n) is 14.8. The molecule has 0 spiro atoms. The number of fused-ring (bicyclic) bond motifs is 1. The number of hydrogen-bond acceptors (Lipinski definition) is 5. The summed E-state index contributed by atoms with van der Waals surface area (Å²) in [5, 5.41) is 11.0. The first-order chi connectivity index (χ1) is 12.5. The van der Waals surface area contributed by atoms with Crippen molar-refractivity contribution in [2.45, 2.75) is 44.6 Å². The van der Waals surface area contributed by atoms with Crippen LogP contribution in [0.25, 0.3) is 0 Å². The van der Waals surface area contributed by atoms with E-state index < -0.39 is 4.92 Å². The van der Waals surface area contributed by atoms with Gasteiger partial charge in [-0.1, -0.05) is 25.7 Å². The SMILES string of the molecule is CN(C(=O)CN1C(=O)COc2ccc([N+](=O)[O-])cc21)C1CCCCCC1. The first kappa shape index (κ1) is 18.2. The summed E-state index contributed by atoms with van der Waals surface area (Å²) in [6, 6.07) is 4.26. The summed E-state index contributed by atoms with van der Waals surface area (Å²) >= 11 is 0. The minimum atomic E-state index is -0.531. The minimum absolute atomic E-state index is 0.136. The van der Waals surface area contributed by atoms with Crippen LogP contribution in [-0.4, -0.2) is 47.9 Å². The summed E-state index contributed by atoms with van der Waals surface area (Å²) in [5.41, 5.74) is 0.134. The quantitative estimate of drug-likeness (QED) is 0.467. The van der Waals surface area contributed by atoms with Crippen LogP contribution >= 0.6 is 0 Å². The average molecular weight is 361 g/mol. The molecule has 1 fully saturated rings. The molecule has 1 aliphatic heterocycles. The summed E-state index contributed by atoms with van der Waals surface area (Å²) in [4.78, 5) is 38.6. The number of non-ortho nitro benzene ring substituents is 1. The van der Waals surface area contributed by atoms with Gasteiger partial charge in [-0.3, -0.25) is 24.6 Å². The number of likely N-dealkylation sites (N-methyl/N-ethyl adjacent to an activating group) is 1. The Kier molecular flexibility index (Phi) is 5.39. The van der Waals surface area contributed by atoms with Crippen molar-refractivity contribution in [1.82, 2.24) is 4.90 Å². The number of anilines is 1. The molecule has 0 aromatic heterocycles. The van der Waals surface area contributed by atoms with Gasteiger partial charge in [0.2, 0.25) is 5.91 Å². The van der Waals surface area contributed by atoms with E-state index in [1.807, 2.05) is 0 Å². The van der Waals surface area contributed by atoms with E-state index in [0.717, 1.165) is 25.7 Å². The normalized spacial score (nSPS) is 17.9. The molecule has 1 aromatic carbocycles. The molecule has 0 N–H and O–H groups in total. The van der Waals surface area contributed by atoms with Crippen LogP contribution in [0.4, 0.5) is 11.4 Å². The first-order valence-corrected chi connectivity index (χ1v) is 8.94. The van der Waals surface area contributed by atoms with Gasteiger partial charge in [0.1, 0.15) is 12.3 Å². The topological polar surface area (TPSA) is 93.0 Å². The molecule has 1 aromatic rings. The number of hydrogen-bond donors (Lipinski definition) is 0. The van der Waals surface area contributed by atoms with Gasteiger partial charge in [-0.25, -0.2) is 0 Å². The van der Waals surface area contributed by atoms with Crippen LogP contribution in [0.5, 0.6) is 5.75 Å². The second kappa shape index (κ2) is 7.72. The molecule has 0 bridgehead atoms. The van der Waals surface area contributed by atoms with Gasteiger partial charge in [0.25, 0.3) is 11.6 Å². The lowest BCUT2D eigenvalue weighted by atomic mass is 10.1. The van der Waals surface area contributed by atoms with E-state index >= 15 is 0 Å². The highest BCUT2D eigenvalue weighted by Gasteiger charge is 2.31. The summed E-state index contributed by atoms with van der Waals surface area (Å²) in [7, 11) is 1.78. The second-order valence-corrected chi connectivity index (χ2v) is 6.83. The number of nitro groups is 1. The van der Waals surface area contributed by atoms with Crippen LogP contribution < -0.4 is 9.64 Å². The van der Waals surface area contributed by atoms with Crippen molar-refractivity contribution in [3.8, 4) is 5.75 Å². The van der Waals surface area contributed by atoms with Crippen LogP contribution in [0.15, 0.2) is 18.2 Å². The van der Waals surface area contributed by atoms with Gasteiger partial charge in [0.15, 0.2) is 6.61 Å². The summed E-state index contributed by atoms with van der Waals surface area (Å²) in [6.07, 6.45) is 6.54. The molecule has 140 valence electrons. The Morgan fingerprint density at radius 2 is 2.00 bits per heavy atom. The predicted octanol–water partition coefficient (Wildman–Crippen LogP) is 2.50. The molecule has 3 rings (SSSR count). The van der Waals surface area contributed by atoms with Gasteiger partial charge in [0.05, 0.1) is 10.6 Å². The van der Waals surface area contributed by atoms with E-state index in [4.69, 9.17) is 4.74 Å². The van der Waals surface area contributed by atoms with E-state index in [-0.39, 0.29) is 42.4 Å². The summed E-state index contributed by atoms with van der Waals surface area (Å²) in [6.45, 7) is -0.311. The monoisotopic (exact) mass is 361 g/mol. The van der Waals surface area contributed by atoms with E-state index in [1.54, 1.807) is 11.9 Å². The van der Waals surface area contributed by atoms with Gasteiger partial charge < -0.3 is 9.64 Å². The van der Waals surface area contributed by atoms with E-state index in [2.05, 4.69) is 0 Å². The molecule has 1 saturated carbocycles. The summed E-state index contributed by atoms with van der Waals surface area (Å²) < 4.78 is 5.34. The number of nitro benzene ring substituents is 1. The number of carbonyl (C=O) groups is 2. The Morgan fingerprint density at radius 3 is 2.65 bits per heavy atom. The molecule has 1 aliphatic carbocycles. The van der Waals surface area contributed by atoms with Crippen LogP contribution in [-0.2, 0) is 9.59 Å². The van der Waals surface area contributed by atoms with Crippen molar-refractivity contribution in [2.75, 3.05) is 25.1 Å². The molecule has 0 unspecified atom stereocenters. The summed E-state index contributed by atoms with van der Waals surface area (Å²) in [5.74, 6) is -0.162. The Bertz CT molecular complexity index is 713. The molecular weight excluding hydrogens is 338 g/mol. The van der Waals surface area contributed by atoms with Crippen LogP contribution in [0.1, 0.15) is 38.5 Å². The molecule has 0 atom stereocenters. The van der Waals surface area contributed by atoms with E-state index in [9.17, 15) is 19.7 Å². The van der Waals surface area contributed by atoms with Crippen molar-refractivity contribution in [3.63, 3.8) is 0 Å². The predicted molar refractivity (Wildman–Crippen MR) is 95.2 cm³/mol. The van der Waals surface area contributed by atoms with Gasteiger partial charge >= 0.3 is 0 Å². The highest BCUT2D eigenvalue weighted by Crippen LogP contribution is 2.35. The maximum Gasteiger partial charge on any atom is 0.271 e. The van der Waals surface area contributed by atoms with Gasteiger partial charge in [-0.15, -0.1) is 0 Å². The van der Waals surface area contributed by atoms with Crippen molar-refractivity contribution in [1.29, 1.82) is 0 Å². The molecular formula is C18H23N3O5. The molecule has 8 heteroatoms. The lowest BCUT2D eigenvalue weighted by molar-refractivity contribution is -0.384. The zero-order valence-corrected chi connectivity index (χ0v) is 14.8. The largest absolute Gasteiger partial charge is 0.482 e. The first-order valence-electron chi connectivity index (χ1n) is 8.94. The highest BCUT2D eigenvalue weighted by atomic mass is 16.6. The number of benzene rings is 1. The van der Waals surface area contributed by atoms with Gasteiger partial charge in [-0.05, 0) is 18.9 Å². The molecule has 1 heterocycles. The van der Waals surface area contributed by atoms with Crippen LogP contribution in [0, 0.1) is 10.1 Å². The number of rotatable bonds is 4. The van der Waals surface area contributed by atoms with Crippen LogP contribution in [0.3, 0.4) is 0 Å². The number of nitrogens with zero attached hydrogens (tertiary/aromatic N) is 3. The molecule has 2 aliphatic rings. The minimum Gasteiger partial charge on any atom is -0.482 e. The van der Waals surface area contributed by atoms with E-state index in [1.165, 1.54) is 35.9 Å². The third kappa shape index (κ3) is 3.79. The number of amides is 2. The molecule has 26 heavy (non-hydrogen) atoms. The third-order valence-corrected chi connectivity index (χ3v) is 5.16. The van der Waals surface area contributed by atoms with Crippen molar-refractivity contribution >= 4 is 23.2 Å². The Balaban J connectivity index is 1.78. The van der Waals surface area contributed by atoms with Gasteiger partial charge in [0, 0.05) is 25.2 Å². The van der Waals surface area contributed by atoms with Gasteiger partial charge in [-0.2, -0.15) is 0 Å². The van der Waals surface area contributed by atoms with E-state index in [0.29, 0.717) is 5.75 Å². The lowest BCUT2D eigenvalue weighted by Crippen LogP contribution is -2.47. The number of ether oxygens (including phenoxy) is 1. The smallest absolute Gasteiger partial charge is 0.271 e. The van der Waals surface area contributed by atoms with Crippen molar-refractivity contribution in [3.05, 3.63) is 28.3 Å². The fraction of sp³-hybridized carbons (Fsp3) is 0.556. The van der Waals surface area contributed by atoms with Crippen LogP contribution in [0.2, 0.25) is 0 Å². The standard InChI is InChI=1S/C18H23N3O5/c1-19(13-6-4-2-3-5-7-13)17(22)11-20-15-10-14(21(24)25)8-9-16(15)26-12-18(20)23/h8-10,13H,2-7,11-12H2,1H3. The number of carbonyl (C=O) groups excluding carboxylic acids is 2. The zero-order chi connectivity index (χ0) is 18.7. The second-order valence-electron chi connectivity index (χ2n) is 6.83. The highest BCUT2D eigenvalue weighted by molar-refractivity contribution is 6.02. The fourth-order valence-corrected chi connectivity index (χ4v) is 3.57. The molecule has 0 radical (unpaired) electrons. The Morgan fingerprint density at radius 1 is 1.31 bits per heavy atom. The molecule has 8 nitrogen and oxygen atoms in total. The molecule has 0 saturated heterocycles. The third-order valence-electron chi connectivity index (χ3n) is 5.16. The van der Waals surface area contributed by atoms with Crippen molar-refractivity contribution < 1.29 is 19.2 Å². The maximum absolute atomic E-state index is 12.8.